The Kier molecular flexibility index (Phi) is 3.16. The van der Waals surface area contributed by atoms with Crippen molar-refractivity contribution < 1.29 is 18.3 Å². The highest BCUT2D eigenvalue weighted by atomic mass is 19.4. The van der Waals surface area contributed by atoms with Gasteiger partial charge in [0.25, 0.3) is 0 Å². The van der Waals surface area contributed by atoms with Gasteiger partial charge < -0.3 is 5.11 Å². The van der Waals surface area contributed by atoms with Crippen LogP contribution < -0.4 is 0 Å². The van der Waals surface area contributed by atoms with Gasteiger partial charge in [-0.25, -0.2) is 0 Å². The average Bonchev–Trinajstić information content (AvgIpc) is 2.15. The maximum Gasteiger partial charge on any atom is 0.416 e. The lowest BCUT2D eigenvalue weighted by Gasteiger charge is -2.14. The maximum atomic E-state index is 12.4. The van der Waals surface area contributed by atoms with E-state index in [-0.39, 0.29) is 5.56 Å². The van der Waals surface area contributed by atoms with Gasteiger partial charge >= 0.3 is 6.18 Å². The van der Waals surface area contributed by atoms with Crippen LogP contribution in [0.2, 0.25) is 0 Å². The molecule has 1 nitrogen and oxygen atoms in total. The Morgan fingerprint density at radius 2 is 1.93 bits per heavy atom. The number of aliphatic hydroxyl groups is 1. The molecule has 0 aromatic heterocycles. The van der Waals surface area contributed by atoms with Crippen molar-refractivity contribution in [3.05, 3.63) is 34.9 Å². The summed E-state index contributed by atoms with van der Waals surface area (Å²) in [6, 6.07) is 3.95. The first kappa shape index (κ1) is 11.0. The summed E-state index contributed by atoms with van der Waals surface area (Å²) in [5.74, 6) is 0. The van der Waals surface area contributed by atoms with E-state index in [9.17, 15) is 13.2 Å². The molecule has 0 atom stereocenters. The van der Waals surface area contributed by atoms with E-state index in [1.807, 2.05) is 0 Å². The summed E-state index contributed by atoms with van der Waals surface area (Å²) in [6.07, 6.45) is -3.90. The van der Waals surface area contributed by atoms with E-state index in [1.165, 1.54) is 6.07 Å². The Morgan fingerprint density at radius 3 is 2.36 bits per heavy atom. The van der Waals surface area contributed by atoms with Gasteiger partial charge in [0, 0.05) is 0 Å². The molecule has 0 unspecified atom stereocenters. The van der Waals surface area contributed by atoms with Crippen molar-refractivity contribution in [3.63, 3.8) is 0 Å². The van der Waals surface area contributed by atoms with Crippen molar-refractivity contribution in [2.45, 2.75) is 26.1 Å². The van der Waals surface area contributed by atoms with E-state index in [4.69, 9.17) is 5.11 Å². The number of rotatable bonds is 2. The Bertz CT molecular complexity index is 318. The van der Waals surface area contributed by atoms with Crippen LogP contribution in [0.3, 0.4) is 0 Å². The highest BCUT2D eigenvalue weighted by Gasteiger charge is 2.33. The topological polar surface area (TPSA) is 20.2 Å². The van der Waals surface area contributed by atoms with E-state index in [2.05, 4.69) is 0 Å². The highest BCUT2D eigenvalue weighted by molar-refractivity contribution is 5.36. The Labute approximate surface area is 80.2 Å². The molecule has 0 saturated heterocycles. The van der Waals surface area contributed by atoms with Crippen molar-refractivity contribution >= 4 is 0 Å². The standard InChI is InChI=1S/C10H11F3O/c1-2-7-4-3-5-9(8(7)6-14)10(11,12)13/h3-5,14H,2,6H2,1H3. The van der Waals surface area contributed by atoms with Gasteiger partial charge in [0.05, 0.1) is 12.2 Å². The first-order valence-corrected chi connectivity index (χ1v) is 4.29. The predicted octanol–water partition coefficient (Wildman–Crippen LogP) is 2.76. The summed E-state index contributed by atoms with van der Waals surface area (Å²) in [5.41, 5.74) is -0.204. The van der Waals surface area contributed by atoms with Gasteiger partial charge in [0.1, 0.15) is 0 Å². The molecule has 0 aliphatic heterocycles. The van der Waals surface area contributed by atoms with Gasteiger partial charge in [0.2, 0.25) is 0 Å². The average molecular weight is 204 g/mol. The fourth-order valence-electron chi connectivity index (χ4n) is 1.42. The summed E-state index contributed by atoms with van der Waals surface area (Å²) < 4.78 is 37.3. The fourth-order valence-corrected chi connectivity index (χ4v) is 1.42. The van der Waals surface area contributed by atoms with Crippen LogP contribution in [0.4, 0.5) is 13.2 Å². The molecule has 1 aromatic rings. The lowest BCUT2D eigenvalue weighted by molar-refractivity contribution is -0.138. The number of aryl methyl sites for hydroxylation is 1. The molecule has 1 rings (SSSR count). The van der Waals surface area contributed by atoms with Gasteiger partial charge in [0.15, 0.2) is 0 Å². The third kappa shape index (κ3) is 2.07. The van der Waals surface area contributed by atoms with Gasteiger partial charge in [-0.05, 0) is 23.6 Å². The number of halogens is 3. The normalized spacial score (nSPS) is 11.8. The first-order valence-electron chi connectivity index (χ1n) is 4.29. The second kappa shape index (κ2) is 4.00. The molecular weight excluding hydrogens is 193 g/mol. The lowest BCUT2D eigenvalue weighted by atomic mass is 9.99. The zero-order valence-corrected chi connectivity index (χ0v) is 7.73. The summed E-state index contributed by atoms with van der Waals surface area (Å²) in [4.78, 5) is 0. The van der Waals surface area contributed by atoms with Gasteiger partial charge in [-0.15, -0.1) is 0 Å². The number of aliphatic hydroxyl groups excluding tert-OH is 1. The van der Waals surface area contributed by atoms with Crippen molar-refractivity contribution in [2.24, 2.45) is 0 Å². The predicted molar refractivity (Wildman–Crippen MR) is 46.7 cm³/mol. The Morgan fingerprint density at radius 1 is 1.29 bits per heavy atom. The van der Waals surface area contributed by atoms with Crippen molar-refractivity contribution in [2.75, 3.05) is 0 Å². The Hall–Kier alpha value is -1.03. The zero-order chi connectivity index (χ0) is 10.8. The quantitative estimate of drug-likeness (QED) is 0.785. The highest BCUT2D eigenvalue weighted by Crippen LogP contribution is 2.33. The monoisotopic (exact) mass is 204 g/mol. The molecule has 78 valence electrons. The van der Waals surface area contributed by atoms with Crippen LogP contribution in [0.15, 0.2) is 18.2 Å². The summed E-state index contributed by atoms with van der Waals surface area (Å²) in [5, 5.41) is 8.89. The first-order chi connectivity index (χ1) is 6.50. The van der Waals surface area contributed by atoms with Crippen LogP contribution in [0.25, 0.3) is 0 Å². The molecule has 4 heteroatoms. The summed E-state index contributed by atoms with van der Waals surface area (Å²) in [7, 11) is 0. The molecule has 0 aliphatic carbocycles. The van der Waals surface area contributed by atoms with E-state index in [1.54, 1.807) is 13.0 Å². The van der Waals surface area contributed by atoms with Crippen LogP contribution in [-0.4, -0.2) is 5.11 Å². The number of hydrogen-bond donors (Lipinski definition) is 1. The number of alkyl halides is 3. The zero-order valence-electron chi connectivity index (χ0n) is 7.73. The molecule has 14 heavy (non-hydrogen) atoms. The van der Waals surface area contributed by atoms with Gasteiger partial charge in [-0.2, -0.15) is 13.2 Å². The SMILES string of the molecule is CCc1cccc(C(F)(F)F)c1CO. The van der Waals surface area contributed by atoms with Crippen LogP contribution in [0.1, 0.15) is 23.6 Å². The minimum Gasteiger partial charge on any atom is -0.392 e. The summed E-state index contributed by atoms with van der Waals surface area (Å²) >= 11 is 0. The molecule has 0 radical (unpaired) electrons. The van der Waals surface area contributed by atoms with Crippen LogP contribution in [0, 0.1) is 0 Å². The third-order valence-electron chi connectivity index (χ3n) is 2.12. The molecule has 0 amide bonds. The van der Waals surface area contributed by atoms with Crippen LogP contribution >= 0.6 is 0 Å². The molecule has 0 aliphatic rings. The molecular formula is C10H11F3O. The number of hydrogen-bond acceptors (Lipinski definition) is 1. The molecule has 1 N–H and O–H groups in total. The van der Waals surface area contributed by atoms with Crippen molar-refractivity contribution in [1.29, 1.82) is 0 Å². The van der Waals surface area contributed by atoms with E-state index in [0.29, 0.717) is 12.0 Å². The Balaban J connectivity index is 3.29. The second-order valence-electron chi connectivity index (χ2n) is 2.95. The largest absolute Gasteiger partial charge is 0.416 e. The lowest BCUT2D eigenvalue weighted by Crippen LogP contribution is -2.11. The van der Waals surface area contributed by atoms with Gasteiger partial charge in [-0.1, -0.05) is 19.1 Å². The van der Waals surface area contributed by atoms with Crippen molar-refractivity contribution in [3.8, 4) is 0 Å². The molecule has 0 heterocycles. The van der Waals surface area contributed by atoms with Crippen LogP contribution in [0.5, 0.6) is 0 Å². The molecule has 0 bridgehead atoms. The number of benzene rings is 1. The van der Waals surface area contributed by atoms with E-state index in [0.717, 1.165) is 6.07 Å². The van der Waals surface area contributed by atoms with E-state index >= 15 is 0 Å². The minimum absolute atomic E-state index is 0.0116. The minimum atomic E-state index is -4.39. The van der Waals surface area contributed by atoms with Gasteiger partial charge in [-0.3, -0.25) is 0 Å². The summed E-state index contributed by atoms with van der Waals surface area (Å²) in [6.45, 7) is 1.19. The molecule has 0 fully saturated rings. The van der Waals surface area contributed by atoms with E-state index < -0.39 is 18.3 Å². The third-order valence-corrected chi connectivity index (χ3v) is 2.12. The molecule has 0 spiro atoms. The maximum absolute atomic E-state index is 12.4. The second-order valence-corrected chi connectivity index (χ2v) is 2.95. The molecule has 1 aromatic carbocycles. The molecule has 0 saturated carbocycles. The fraction of sp³-hybridized carbons (Fsp3) is 0.400. The smallest absolute Gasteiger partial charge is 0.392 e. The van der Waals surface area contributed by atoms with Crippen LogP contribution in [-0.2, 0) is 19.2 Å². The van der Waals surface area contributed by atoms with Crippen molar-refractivity contribution in [1.82, 2.24) is 0 Å².